The van der Waals surface area contributed by atoms with Crippen LogP contribution in [-0.2, 0) is 4.74 Å². The van der Waals surface area contributed by atoms with E-state index < -0.39 is 0 Å². The van der Waals surface area contributed by atoms with Crippen LogP contribution in [0.2, 0.25) is 0 Å². The summed E-state index contributed by atoms with van der Waals surface area (Å²) < 4.78 is 5.40. The highest BCUT2D eigenvalue weighted by Gasteiger charge is 2.34. The Labute approximate surface area is 99.4 Å². The quantitative estimate of drug-likeness (QED) is 0.734. The lowest BCUT2D eigenvalue weighted by atomic mass is 9.78. The zero-order valence-electron chi connectivity index (χ0n) is 10.9. The summed E-state index contributed by atoms with van der Waals surface area (Å²) in [5.41, 5.74) is 0. The van der Waals surface area contributed by atoms with Crippen LogP contribution in [0.4, 0.5) is 0 Å². The van der Waals surface area contributed by atoms with Gasteiger partial charge in [0.1, 0.15) is 0 Å². The molecule has 0 bridgehead atoms. The summed E-state index contributed by atoms with van der Waals surface area (Å²) in [5.74, 6) is 1.15. The summed E-state index contributed by atoms with van der Waals surface area (Å²) in [6.45, 7) is 5.99. The molecule has 1 rings (SSSR count). The molecular formula is C13H24N2O. The molecule has 0 N–H and O–H groups in total. The van der Waals surface area contributed by atoms with Crippen LogP contribution in [-0.4, -0.2) is 38.3 Å². The predicted octanol–water partition coefficient (Wildman–Crippen LogP) is 2.14. The topological polar surface area (TPSA) is 36.3 Å². The number of nitrogens with zero attached hydrogens (tertiary/aromatic N) is 2. The van der Waals surface area contributed by atoms with Gasteiger partial charge in [0, 0.05) is 19.3 Å². The average molecular weight is 224 g/mol. The molecule has 16 heavy (non-hydrogen) atoms. The molecule has 0 aliphatic carbocycles. The molecule has 1 aliphatic rings. The van der Waals surface area contributed by atoms with E-state index in [1.54, 1.807) is 0 Å². The number of ether oxygens (including phenoxy) is 1. The van der Waals surface area contributed by atoms with Crippen LogP contribution in [0.5, 0.6) is 0 Å². The minimum atomic E-state index is 0.123. The first-order valence-corrected chi connectivity index (χ1v) is 6.21. The van der Waals surface area contributed by atoms with Gasteiger partial charge in [0.15, 0.2) is 0 Å². The van der Waals surface area contributed by atoms with Crippen LogP contribution in [0.15, 0.2) is 0 Å². The van der Waals surface area contributed by atoms with E-state index in [0.717, 1.165) is 26.1 Å². The standard InChI is InChI=1S/C13H24N2O/c1-10(2)12(9-14)13(15(3)4)11-5-7-16-8-6-11/h10-13H,5-8H2,1-4H3. The van der Waals surface area contributed by atoms with Gasteiger partial charge in [-0.1, -0.05) is 13.8 Å². The third kappa shape index (κ3) is 3.20. The van der Waals surface area contributed by atoms with E-state index in [4.69, 9.17) is 4.74 Å². The van der Waals surface area contributed by atoms with Crippen LogP contribution >= 0.6 is 0 Å². The van der Waals surface area contributed by atoms with E-state index in [9.17, 15) is 5.26 Å². The molecule has 2 atom stereocenters. The summed E-state index contributed by atoms with van der Waals surface area (Å²) in [6.07, 6.45) is 2.18. The summed E-state index contributed by atoms with van der Waals surface area (Å²) in [7, 11) is 4.18. The number of hydrogen-bond acceptors (Lipinski definition) is 3. The van der Waals surface area contributed by atoms with Gasteiger partial charge in [0.25, 0.3) is 0 Å². The van der Waals surface area contributed by atoms with Crippen molar-refractivity contribution < 1.29 is 4.74 Å². The molecule has 3 nitrogen and oxygen atoms in total. The molecule has 1 heterocycles. The maximum Gasteiger partial charge on any atom is 0.0675 e. The predicted molar refractivity (Wildman–Crippen MR) is 65.0 cm³/mol. The molecule has 92 valence electrons. The van der Waals surface area contributed by atoms with E-state index >= 15 is 0 Å². The van der Waals surface area contributed by atoms with Gasteiger partial charge < -0.3 is 9.64 Å². The molecule has 0 spiro atoms. The second kappa shape index (κ2) is 6.22. The number of hydrogen-bond donors (Lipinski definition) is 0. The van der Waals surface area contributed by atoms with Crippen LogP contribution < -0.4 is 0 Å². The minimum absolute atomic E-state index is 0.123. The van der Waals surface area contributed by atoms with E-state index in [1.165, 1.54) is 0 Å². The highest BCUT2D eigenvalue weighted by atomic mass is 16.5. The van der Waals surface area contributed by atoms with Crippen molar-refractivity contribution in [1.82, 2.24) is 4.90 Å². The van der Waals surface area contributed by atoms with Crippen molar-refractivity contribution in [2.24, 2.45) is 17.8 Å². The Hall–Kier alpha value is -0.590. The van der Waals surface area contributed by atoms with Crippen molar-refractivity contribution >= 4 is 0 Å². The molecule has 0 aromatic heterocycles. The molecule has 0 aromatic carbocycles. The molecule has 0 radical (unpaired) electrons. The van der Waals surface area contributed by atoms with E-state index in [-0.39, 0.29) is 5.92 Å². The first kappa shape index (κ1) is 13.5. The molecule has 3 heteroatoms. The Balaban J connectivity index is 2.76. The van der Waals surface area contributed by atoms with Gasteiger partial charge in [0.05, 0.1) is 12.0 Å². The monoisotopic (exact) mass is 224 g/mol. The summed E-state index contributed by atoms with van der Waals surface area (Å²) >= 11 is 0. The van der Waals surface area contributed by atoms with Crippen molar-refractivity contribution in [2.45, 2.75) is 32.7 Å². The molecule has 0 amide bonds. The molecule has 1 aliphatic heterocycles. The Bertz CT molecular complexity index is 239. The Morgan fingerprint density at radius 3 is 2.19 bits per heavy atom. The fourth-order valence-corrected chi connectivity index (χ4v) is 2.71. The Morgan fingerprint density at radius 1 is 1.25 bits per heavy atom. The van der Waals surface area contributed by atoms with Crippen molar-refractivity contribution in [3.8, 4) is 6.07 Å². The zero-order valence-corrected chi connectivity index (χ0v) is 10.9. The number of rotatable bonds is 4. The third-order valence-electron chi connectivity index (χ3n) is 3.58. The third-order valence-corrected chi connectivity index (χ3v) is 3.58. The lowest BCUT2D eigenvalue weighted by molar-refractivity contribution is 0.0220. The van der Waals surface area contributed by atoms with Gasteiger partial charge in [-0.3, -0.25) is 0 Å². The van der Waals surface area contributed by atoms with Crippen molar-refractivity contribution in [2.75, 3.05) is 27.3 Å². The molecule has 1 saturated heterocycles. The second-order valence-electron chi connectivity index (χ2n) is 5.30. The first-order valence-electron chi connectivity index (χ1n) is 6.21. The fourth-order valence-electron chi connectivity index (χ4n) is 2.71. The minimum Gasteiger partial charge on any atom is -0.381 e. The van der Waals surface area contributed by atoms with Crippen LogP contribution in [0.25, 0.3) is 0 Å². The second-order valence-corrected chi connectivity index (χ2v) is 5.30. The highest BCUT2D eigenvalue weighted by Crippen LogP contribution is 2.30. The lowest BCUT2D eigenvalue weighted by Gasteiger charge is -2.38. The molecule has 2 unspecified atom stereocenters. The summed E-state index contributed by atoms with van der Waals surface area (Å²) in [5, 5.41) is 9.34. The summed E-state index contributed by atoms with van der Waals surface area (Å²) in [4.78, 5) is 2.23. The van der Waals surface area contributed by atoms with Gasteiger partial charge in [-0.05, 0) is 38.8 Å². The van der Waals surface area contributed by atoms with Crippen molar-refractivity contribution in [1.29, 1.82) is 5.26 Å². The van der Waals surface area contributed by atoms with Gasteiger partial charge in [0.2, 0.25) is 0 Å². The van der Waals surface area contributed by atoms with Crippen LogP contribution in [0, 0.1) is 29.1 Å². The van der Waals surface area contributed by atoms with Gasteiger partial charge in [-0.25, -0.2) is 0 Å². The molecule has 1 fully saturated rings. The lowest BCUT2D eigenvalue weighted by Crippen LogP contribution is -2.44. The zero-order chi connectivity index (χ0) is 12.1. The van der Waals surface area contributed by atoms with E-state index in [2.05, 4.69) is 38.9 Å². The van der Waals surface area contributed by atoms with E-state index in [0.29, 0.717) is 17.9 Å². The van der Waals surface area contributed by atoms with Gasteiger partial charge >= 0.3 is 0 Å². The van der Waals surface area contributed by atoms with E-state index in [1.807, 2.05) is 0 Å². The van der Waals surface area contributed by atoms with Gasteiger partial charge in [-0.2, -0.15) is 5.26 Å². The largest absolute Gasteiger partial charge is 0.381 e. The highest BCUT2D eigenvalue weighted by molar-refractivity contribution is 4.97. The SMILES string of the molecule is CC(C)C(C#N)C(C1CCOCC1)N(C)C. The Morgan fingerprint density at radius 2 is 1.81 bits per heavy atom. The van der Waals surface area contributed by atoms with Crippen molar-refractivity contribution in [3.05, 3.63) is 0 Å². The molecular weight excluding hydrogens is 200 g/mol. The average Bonchev–Trinajstić information content (AvgIpc) is 2.25. The molecule has 0 saturated carbocycles. The molecule has 0 aromatic rings. The Kier molecular flexibility index (Phi) is 5.24. The van der Waals surface area contributed by atoms with Crippen LogP contribution in [0.1, 0.15) is 26.7 Å². The number of nitriles is 1. The maximum absolute atomic E-state index is 9.34. The maximum atomic E-state index is 9.34. The first-order chi connectivity index (χ1) is 7.57. The smallest absolute Gasteiger partial charge is 0.0675 e. The summed E-state index contributed by atoms with van der Waals surface area (Å²) in [6, 6.07) is 2.87. The van der Waals surface area contributed by atoms with Crippen LogP contribution in [0.3, 0.4) is 0 Å². The normalized spacial score (nSPS) is 22.1. The van der Waals surface area contributed by atoms with Crippen molar-refractivity contribution in [3.63, 3.8) is 0 Å². The fraction of sp³-hybridized carbons (Fsp3) is 0.923. The van der Waals surface area contributed by atoms with Gasteiger partial charge in [-0.15, -0.1) is 0 Å².